The molecule has 2 aromatic heterocycles. The van der Waals surface area contributed by atoms with Gasteiger partial charge in [-0.1, -0.05) is 36.8 Å². The van der Waals surface area contributed by atoms with Gasteiger partial charge in [0.05, 0.1) is 17.4 Å². The Hall–Kier alpha value is -2.28. The van der Waals surface area contributed by atoms with Crippen LogP contribution in [0.5, 0.6) is 0 Å². The van der Waals surface area contributed by atoms with Crippen LogP contribution in [-0.2, 0) is 17.8 Å². The normalized spacial score (nSPS) is 11.0. The molecule has 1 amide bonds. The maximum Gasteiger partial charge on any atom is 0.227 e. The lowest BCUT2D eigenvalue weighted by Crippen LogP contribution is -2.14. The number of carbonyl (C=O) groups excluding carboxylic acids is 1. The van der Waals surface area contributed by atoms with E-state index in [1.54, 1.807) is 6.33 Å². The summed E-state index contributed by atoms with van der Waals surface area (Å²) in [6.45, 7) is 2.73. The van der Waals surface area contributed by atoms with Gasteiger partial charge in [0, 0.05) is 19.4 Å². The number of para-hydroxylation sites is 2. The Bertz CT molecular complexity index is 794. The number of imidazole rings is 1. The number of aromatic nitrogens is 4. The number of anilines is 1. The van der Waals surface area contributed by atoms with Crippen molar-refractivity contribution in [3.05, 3.63) is 35.6 Å². The lowest BCUT2D eigenvalue weighted by atomic mass is 10.3. The first-order chi connectivity index (χ1) is 11.3. The smallest absolute Gasteiger partial charge is 0.227 e. The Kier molecular flexibility index (Phi) is 4.97. The number of hydrogen-bond acceptors (Lipinski definition) is 5. The first kappa shape index (κ1) is 15.6. The predicted molar refractivity (Wildman–Crippen MR) is 91.5 cm³/mol. The molecule has 3 rings (SSSR count). The van der Waals surface area contributed by atoms with Gasteiger partial charge in [-0.2, -0.15) is 0 Å². The lowest BCUT2D eigenvalue weighted by Gasteiger charge is -2.04. The summed E-state index contributed by atoms with van der Waals surface area (Å²) in [4.78, 5) is 16.4. The molecule has 23 heavy (non-hydrogen) atoms. The van der Waals surface area contributed by atoms with Crippen LogP contribution in [-0.4, -0.2) is 25.7 Å². The molecule has 0 atom stereocenters. The highest BCUT2D eigenvalue weighted by Gasteiger charge is 2.09. The zero-order valence-corrected chi connectivity index (χ0v) is 13.8. The van der Waals surface area contributed by atoms with Crippen molar-refractivity contribution in [3.8, 4) is 0 Å². The molecule has 0 aliphatic heterocycles. The van der Waals surface area contributed by atoms with Crippen LogP contribution in [0.3, 0.4) is 0 Å². The van der Waals surface area contributed by atoms with Crippen molar-refractivity contribution >= 4 is 33.4 Å². The van der Waals surface area contributed by atoms with E-state index >= 15 is 0 Å². The number of nitrogens with zero attached hydrogens (tertiary/aromatic N) is 4. The SMILES string of the molecule is CCCCc1nnc(NC(=O)CCn2cnc3ccccc32)s1. The summed E-state index contributed by atoms with van der Waals surface area (Å²) in [6, 6.07) is 7.90. The highest BCUT2D eigenvalue weighted by Crippen LogP contribution is 2.17. The van der Waals surface area contributed by atoms with Gasteiger partial charge in [0.1, 0.15) is 5.01 Å². The second-order valence-electron chi connectivity index (χ2n) is 5.33. The van der Waals surface area contributed by atoms with Gasteiger partial charge in [0.2, 0.25) is 11.0 Å². The standard InChI is InChI=1S/C16H19N5OS/c1-2-3-8-15-19-20-16(23-15)18-14(22)9-10-21-11-17-12-6-4-5-7-13(12)21/h4-7,11H,2-3,8-10H2,1H3,(H,18,20,22). The molecule has 0 unspecified atom stereocenters. The van der Waals surface area contributed by atoms with Gasteiger partial charge in [-0.3, -0.25) is 4.79 Å². The third-order valence-corrected chi connectivity index (χ3v) is 4.46. The highest BCUT2D eigenvalue weighted by molar-refractivity contribution is 7.15. The topological polar surface area (TPSA) is 72.7 Å². The molecular formula is C16H19N5OS. The van der Waals surface area contributed by atoms with E-state index in [4.69, 9.17) is 0 Å². The second-order valence-corrected chi connectivity index (χ2v) is 6.39. The van der Waals surface area contributed by atoms with E-state index in [0.29, 0.717) is 18.1 Å². The monoisotopic (exact) mass is 329 g/mol. The first-order valence-electron chi connectivity index (χ1n) is 7.78. The molecule has 6 nitrogen and oxygen atoms in total. The fraction of sp³-hybridized carbons (Fsp3) is 0.375. The van der Waals surface area contributed by atoms with Crippen molar-refractivity contribution in [3.63, 3.8) is 0 Å². The molecule has 7 heteroatoms. The third kappa shape index (κ3) is 3.92. The van der Waals surface area contributed by atoms with Gasteiger partial charge in [-0.25, -0.2) is 4.98 Å². The van der Waals surface area contributed by atoms with Crippen LogP contribution in [0.1, 0.15) is 31.2 Å². The van der Waals surface area contributed by atoms with Gasteiger partial charge < -0.3 is 9.88 Å². The highest BCUT2D eigenvalue weighted by atomic mass is 32.1. The molecule has 1 aromatic carbocycles. The fourth-order valence-corrected chi connectivity index (χ4v) is 3.12. The molecule has 120 valence electrons. The van der Waals surface area contributed by atoms with Gasteiger partial charge in [0.15, 0.2) is 0 Å². The van der Waals surface area contributed by atoms with E-state index in [1.165, 1.54) is 11.3 Å². The van der Waals surface area contributed by atoms with Crippen LogP contribution in [0.15, 0.2) is 30.6 Å². The summed E-state index contributed by atoms with van der Waals surface area (Å²) in [5.74, 6) is -0.0547. The number of carbonyl (C=O) groups is 1. The summed E-state index contributed by atoms with van der Waals surface area (Å²) in [5, 5.41) is 12.5. The summed E-state index contributed by atoms with van der Waals surface area (Å²) >= 11 is 1.45. The Morgan fingerprint density at radius 2 is 2.17 bits per heavy atom. The minimum Gasteiger partial charge on any atom is -0.330 e. The molecule has 0 aliphatic rings. The summed E-state index contributed by atoms with van der Waals surface area (Å²) in [6.07, 6.45) is 5.29. The Labute approximate surface area is 138 Å². The Morgan fingerprint density at radius 3 is 3.04 bits per heavy atom. The second kappa shape index (κ2) is 7.32. The maximum absolute atomic E-state index is 12.1. The maximum atomic E-state index is 12.1. The zero-order valence-electron chi connectivity index (χ0n) is 13.0. The van der Waals surface area contributed by atoms with E-state index in [2.05, 4.69) is 27.4 Å². The van der Waals surface area contributed by atoms with Crippen LogP contribution >= 0.6 is 11.3 Å². The fourth-order valence-electron chi connectivity index (χ4n) is 2.33. The van der Waals surface area contributed by atoms with Crippen molar-refractivity contribution in [2.45, 2.75) is 39.2 Å². The number of fused-ring (bicyclic) bond motifs is 1. The first-order valence-corrected chi connectivity index (χ1v) is 8.60. The van der Waals surface area contributed by atoms with E-state index in [9.17, 15) is 4.79 Å². The molecule has 0 saturated carbocycles. The molecule has 1 N–H and O–H groups in total. The average Bonchev–Trinajstić information content (AvgIpc) is 3.18. The zero-order chi connectivity index (χ0) is 16.1. The van der Waals surface area contributed by atoms with E-state index in [1.807, 2.05) is 28.8 Å². The molecular weight excluding hydrogens is 310 g/mol. The van der Waals surface area contributed by atoms with Crippen molar-refractivity contribution in [2.75, 3.05) is 5.32 Å². The largest absolute Gasteiger partial charge is 0.330 e. The number of benzene rings is 1. The quantitative estimate of drug-likeness (QED) is 0.722. The molecule has 0 fully saturated rings. The van der Waals surface area contributed by atoms with Crippen LogP contribution in [0.2, 0.25) is 0 Å². The molecule has 0 spiro atoms. The van der Waals surface area contributed by atoms with E-state index < -0.39 is 0 Å². The number of aryl methyl sites for hydroxylation is 2. The molecule has 0 radical (unpaired) electrons. The van der Waals surface area contributed by atoms with Gasteiger partial charge >= 0.3 is 0 Å². The number of hydrogen-bond donors (Lipinski definition) is 1. The third-order valence-electron chi connectivity index (χ3n) is 3.56. The molecule has 0 saturated heterocycles. The van der Waals surface area contributed by atoms with Crippen molar-refractivity contribution in [1.29, 1.82) is 0 Å². The van der Waals surface area contributed by atoms with E-state index in [0.717, 1.165) is 35.3 Å². The van der Waals surface area contributed by atoms with Crippen molar-refractivity contribution in [2.24, 2.45) is 0 Å². The van der Waals surface area contributed by atoms with Crippen LogP contribution in [0.25, 0.3) is 11.0 Å². The minimum atomic E-state index is -0.0547. The number of rotatable bonds is 7. The van der Waals surface area contributed by atoms with Crippen LogP contribution in [0.4, 0.5) is 5.13 Å². The molecule has 3 aromatic rings. The van der Waals surface area contributed by atoms with Crippen LogP contribution in [0, 0.1) is 0 Å². The average molecular weight is 329 g/mol. The molecule has 0 bridgehead atoms. The summed E-state index contributed by atoms with van der Waals surface area (Å²) in [7, 11) is 0. The molecule has 2 heterocycles. The summed E-state index contributed by atoms with van der Waals surface area (Å²) in [5.41, 5.74) is 1.98. The van der Waals surface area contributed by atoms with Gasteiger partial charge in [0.25, 0.3) is 0 Å². The number of nitrogens with one attached hydrogen (secondary N) is 1. The number of amides is 1. The van der Waals surface area contributed by atoms with Gasteiger partial charge in [-0.15, -0.1) is 10.2 Å². The lowest BCUT2D eigenvalue weighted by molar-refractivity contribution is -0.116. The van der Waals surface area contributed by atoms with Gasteiger partial charge in [-0.05, 0) is 18.6 Å². The van der Waals surface area contributed by atoms with Crippen LogP contribution < -0.4 is 5.32 Å². The molecule has 0 aliphatic carbocycles. The predicted octanol–water partition coefficient (Wildman–Crippen LogP) is 3.26. The Balaban J connectivity index is 1.54. The minimum absolute atomic E-state index is 0.0547. The van der Waals surface area contributed by atoms with Crippen molar-refractivity contribution in [1.82, 2.24) is 19.7 Å². The van der Waals surface area contributed by atoms with Crippen molar-refractivity contribution < 1.29 is 4.79 Å². The van der Waals surface area contributed by atoms with E-state index in [-0.39, 0.29) is 5.91 Å². The Morgan fingerprint density at radius 1 is 1.30 bits per heavy atom. The summed E-state index contributed by atoms with van der Waals surface area (Å²) < 4.78 is 1.99. The number of unbranched alkanes of at least 4 members (excludes halogenated alkanes) is 1.